The molecule has 0 spiro atoms. The van der Waals surface area contributed by atoms with E-state index in [1.165, 1.54) is 9.75 Å². The molecule has 0 radical (unpaired) electrons. The minimum Gasteiger partial charge on any atom is -0.471 e. The van der Waals surface area contributed by atoms with Crippen LogP contribution >= 0.6 is 11.3 Å². The summed E-state index contributed by atoms with van der Waals surface area (Å²) in [5, 5.41) is 7.86. The van der Waals surface area contributed by atoms with Crippen molar-refractivity contribution in [3.05, 3.63) is 39.7 Å². The van der Waals surface area contributed by atoms with Crippen LogP contribution in [0.15, 0.2) is 24.3 Å². The second kappa shape index (κ2) is 4.40. The molecule has 4 heteroatoms. The number of thiophene rings is 1. The molecule has 15 heavy (non-hydrogen) atoms. The quantitative estimate of drug-likeness (QED) is 0.797. The van der Waals surface area contributed by atoms with Crippen LogP contribution in [0.4, 0.5) is 0 Å². The van der Waals surface area contributed by atoms with Gasteiger partial charge in [-0.15, -0.1) is 16.4 Å². The Bertz CT molecular complexity index is 436. The van der Waals surface area contributed by atoms with Crippen molar-refractivity contribution in [1.82, 2.24) is 10.2 Å². The van der Waals surface area contributed by atoms with Gasteiger partial charge in [0.1, 0.15) is 6.61 Å². The van der Waals surface area contributed by atoms with Crippen molar-refractivity contribution >= 4 is 11.3 Å². The first-order valence-electron chi connectivity index (χ1n) is 4.72. The third-order valence-corrected chi connectivity index (χ3v) is 2.91. The molecule has 2 aromatic rings. The van der Waals surface area contributed by atoms with Crippen molar-refractivity contribution < 1.29 is 4.74 Å². The van der Waals surface area contributed by atoms with Crippen LogP contribution in [0.25, 0.3) is 0 Å². The summed E-state index contributed by atoms with van der Waals surface area (Å²) in [6, 6.07) is 7.89. The lowest BCUT2D eigenvalue weighted by molar-refractivity contribution is 0.293. The highest BCUT2D eigenvalue weighted by atomic mass is 32.1. The fourth-order valence-corrected chi connectivity index (χ4v) is 1.98. The molecule has 0 N–H and O–H groups in total. The van der Waals surface area contributed by atoms with Crippen molar-refractivity contribution in [1.29, 1.82) is 0 Å². The van der Waals surface area contributed by atoms with Gasteiger partial charge >= 0.3 is 0 Å². The summed E-state index contributed by atoms with van der Waals surface area (Å²) < 4.78 is 5.50. The molecule has 2 rings (SSSR count). The maximum atomic E-state index is 5.50. The van der Waals surface area contributed by atoms with Gasteiger partial charge in [-0.05, 0) is 32.0 Å². The zero-order valence-electron chi connectivity index (χ0n) is 8.73. The van der Waals surface area contributed by atoms with E-state index in [2.05, 4.69) is 29.3 Å². The molecule has 0 atom stereocenters. The van der Waals surface area contributed by atoms with Gasteiger partial charge in [0.05, 0.1) is 5.69 Å². The normalized spacial score (nSPS) is 10.3. The molecule has 0 fully saturated rings. The second-order valence-electron chi connectivity index (χ2n) is 3.31. The van der Waals surface area contributed by atoms with Gasteiger partial charge in [0.2, 0.25) is 5.88 Å². The maximum Gasteiger partial charge on any atom is 0.233 e. The van der Waals surface area contributed by atoms with Crippen molar-refractivity contribution in [3.63, 3.8) is 0 Å². The summed E-state index contributed by atoms with van der Waals surface area (Å²) in [5.74, 6) is 0.576. The van der Waals surface area contributed by atoms with Crippen LogP contribution in [-0.4, -0.2) is 10.2 Å². The average Bonchev–Trinajstić information content (AvgIpc) is 2.64. The number of hydrogen-bond acceptors (Lipinski definition) is 4. The average molecular weight is 220 g/mol. The van der Waals surface area contributed by atoms with Crippen molar-refractivity contribution in [3.8, 4) is 5.88 Å². The molecule has 0 aromatic carbocycles. The minimum atomic E-state index is 0.566. The molecule has 0 bridgehead atoms. The lowest BCUT2D eigenvalue weighted by atomic mass is 10.4. The van der Waals surface area contributed by atoms with Crippen LogP contribution in [0.5, 0.6) is 5.88 Å². The lowest BCUT2D eigenvalue weighted by Gasteiger charge is -2.01. The monoisotopic (exact) mass is 220 g/mol. The molecule has 2 heterocycles. The highest BCUT2D eigenvalue weighted by molar-refractivity contribution is 7.11. The Morgan fingerprint density at radius 1 is 1.13 bits per heavy atom. The Labute approximate surface area is 92.7 Å². The van der Waals surface area contributed by atoms with Crippen LogP contribution < -0.4 is 4.74 Å². The SMILES string of the molecule is Cc1ccc(OCc2ccc(C)s2)nn1. The van der Waals surface area contributed by atoms with E-state index in [9.17, 15) is 0 Å². The summed E-state index contributed by atoms with van der Waals surface area (Å²) in [6.45, 7) is 4.55. The molecule has 0 aliphatic heterocycles. The van der Waals surface area contributed by atoms with E-state index in [1.807, 2.05) is 19.1 Å². The van der Waals surface area contributed by atoms with Gasteiger partial charge in [0, 0.05) is 15.8 Å². The van der Waals surface area contributed by atoms with E-state index in [0.29, 0.717) is 12.5 Å². The van der Waals surface area contributed by atoms with Crippen LogP contribution in [0.1, 0.15) is 15.4 Å². The number of rotatable bonds is 3. The fourth-order valence-electron chi connectivity index (χ4n) is 1.17. The third-order valence-electron chi connectivity index (χ3n) is 1.93. The van der Waals surface area contributed by atoms with Gasteiger partial charge in [-0.2, -0.15) is 5.10 Å². The number of aryl methyl sites for hydroxylation is 2. The van der Waals surface area contributed by atoms with Crippen molar-refractivity contribution in [2.24, 2.45) is 0 Å². The van der Waals surface area contributed by atoms with Crippen LogP contribution in [0.3, 0.4) is 0 Å². The third kappa shape index (κ3) is 2.76. The van der Waals surface area contributed by atoms with Gasteiger partial charge in [-0.25, -0.2) is 0 Å². The first kappa shape index (κ1) is 10.1. The number of ether oxygens (including phenoxy) is 1. The van der Waals surface area contributed by atoms with Crippen LogP contribution in [-0.2, 0) is 6.61 Å². The topological polar surface area (TPSA) is 35.0 Å². The Morgan fingerprint density at radius 2 is 2.00 bits per heavy atom. The zero-order chi connectivity index (χ0) is 10.7. The molecular formula is C11H12N2OS. The van der Waals surface area contributed by atoms with E-state index >= 15 is 0 Å². The summed E-state index contributed by atoms with van der Waals surface area (Å²) in [7, 11) is 0. The number of hydrogen-bond donors (Lipinski definition) is 0. The fraction of sp³-hybridized carbons (Fsp3) is 0.273. The largest absolute Gasteiger partial charge is 0.471 e. The molecule has 3 nitrogen and oxygen atoms in total. The predicted octanol–water partition coefficient (Wildman–Crippen LogP) is 2.73. The number of nitrogens with zero attached hydrogens (tertiary/aromatic N) is 2. The molecule has 0 unspecified atom stereocenters. The predicted molar refractivity (Wildman–Crippen MR) is 60.2 cm³/mol. The van der Waals surface area contributed by atoms with Crippen LogP contribution in [0, 0.1) is 13.8 Å². The van der Waals surface area contributed by atoms with Crippen molar-refractivity contribution in [2.45, 2.75) is 20.5 Å². The van der Waals surface area contributed by atoms with Crippen molar-refractivity contribution in [2.75, 3.05) is 0 Å². The van der Waals surface area contributed by atoms with Gasteiger partial charge in [0.25, 0.3) is 0 Å². The second-order valence-corrected chi connectivity index (χ2v) is 4.69. The van der Waals surface area contributed by atoms with Gasteiger partial charge in [-0.3, -0.25) is 0 Å². The molecule has 0 saturated heterocycles. The van der Waals surface area contributed by atoms with E-state index in [4.69, 9.17) is 4.74 Å². The van der Waals surface area contributed by atoms with E-state index < -0.39 is 0 Å². The highest BCUT2D eigenvalue weighted by Crippen LogP contribution is 2.16. The summed E-state index contributed by atoms with van der Waals surface area (Å²) in [4.78, 5) is 2.50. The molecule has 0 aliphatic carbocycles. The molecular weight excluding hydrogens is 208 g/mol. The first-order chi connectivity index (χ1) is 7.24. The first-order valence-corrected chi connectivity index (χ1v) is 5.54. The highest BCUT2D eigenvalue weighted by Gasteiger charge is 1.99. The Morgan fingerprint density at radius 3 is 2.60 bits per heavy atom. The van der Waals surface area contributed by atoms with Gasteiger partial charge in [0.15, 0.2) is 0 Å². The van der Waals surface area contributed by atoms with E-state index in [-0.39, 0.29) is 0 Å². The maximum absolute atomic E-state index is 5.50. The van der Waals surface area contributed by atoms with E-state index in [1.54, 1.807) is 11.3 Å². The summed E-state index contributed by atoms with van der Waals surface area (Å²) in [5.41, 5.74) is 0.898. The summed E-state index contributed by atoms with van der Waals surface area (Å²) in [6.07, 6.45) is 0. The molecule has 78 valence electrons. The minimum absolute atomic E-state index is 0.566. The molecule has 0 saturated carbocycles. The Kier molecular flexibility index (Phi) is 2.97. The Balaban J connectivity index is 1.96. The van der Waals surface area contributed by atoms with Crippen LogP contribution in [0.2, 0.25) is 0 Å². The van der Waals surface area contributed by atoms with E-state index in [0.717, 1.165) is 5.69 Å². The Hall–Kier alpha value is -1.42. The molecule has 0 amide bonds. The number of aromatic nitrogens is 2. The molecule has 0 aliphatic rings. The smallest absolute Gasteiger partial charge is 0.233 e. The molecule has 2 aromatic heterocycles. The van der Waals surface area contributed by atoms with Gasteiger partial charge in [-0.1, -0.05) is 0 Å². The summed E-state index contributed by atoms with van der Waals surface area (Å²) >= 11 is 1.74. The van der Waals surface area contributed by atoms with Gasteiger partial charge < -0.3 is 4.74 Å². The standard InChI is InChI=1S/C11H12N2OS/c1-8-3-6-11(13-12-8)14-7-10-5-4-9(2)15-10/h3-6H,7H2,1-2H3. The zero-order valence-corrected chi connectivity index (χ0v) is 9.54. The lowest BCUT2D eigenvalue weighted by Crippen LogP contribution is -1.96.